The van der Waals surface area contributed by atoms with Crippen molar-refractivity contribution in [3.05, 3.63) is 70.3 Å². The molecule has 2 amide bonds. The van der Waals surface area contributed by atoms with Crippen LogP contribution < -0.4 is 10.6 Å². The molecular weight excluding hydrogens is 442 g/mol. The second-order valence-electron chi connectivity index (χ2n) is 6.39. The third kappa shape index (κ3) is 5.37. The quantitative estimate of drug-likeness (QED) is 0.562. The first-order chi connectivity index (χ1) is 14.5. The first kappa shape index (κ1) is 22.2. The molecule has 3 aromatic rings. The van der Waals surface area contributed by atoms with Gasteiger partial charge in [0.2, 0.25) is 5.91 Å². The normalized spacial score (nSPS) is 11.3. The van der Waals surface area contributed by atoms with E-state index in [9.17, 15) is 27.2 Å². The van der Waals surface area contributed by atoms with Gasteiger partial charge in [-0.25, -0.2) is 9.07 Å². The molecule has 0 saturated heterocycles. The SMILES string of the molecule is Cc1c(C(=O)Nc2cccc(C(F)(F)F)c2)nnn1CC(=O)Nc1ccc(F)c(Cl)c1. The Bertz CT molecular complexity index is 1150. The van der Waals surface area contributed by atoms with Crippen LogP contribution >= 0.6 is 11.6 Å². The number of hydrogen-bond donors (Lipinski definition) is 2. The van der Waals surface area contributed by atoms with E-state index in [0.717, 1.165) is 28.9 Å². The van der Waals surface area contributed by atoms with Crippen LogP contribution in [0.2, 0.25) is 5.02 Å². The number of nitrogens with one attached hydrogen (secondary N) is 2. The fourth-order valence-electron chi connectivity index (χ4n) is 2.59. The minimum Gasteiger partial charge on any atom is -0.324 e. The Kier molecular flexibility index (Phi) is 6.25. The Labute approximate surface area is 178 Å². The zero-order valence-corrected chi connectivity index (χ0v) is 16.6. The molecule has 12 heteroatoms. The van der Waals surface area contributed by atoms with Crippen molar-refractivity contribution in [3.63, 3.8) is 0 Å². The standard InChI is InChI=1S/C19H14ClF4N5O2/c1-10-17(18(31)26-12-4-2-3-11(7-12)19(22,23)24)27-28-29(10)9-16(30)25-13-5-6-15(21)14(20)8-13/h2-8H,9H2,1H3,(H,25,30)(H,26,31). The van der Waals surface area contributed by atoms with E-state index in [0.29, 0.717) is 0 Å². The maximum Gasteiger partial charge on any atom is 0.416 e. The minimum atomic E-state index is -4.55. The molecule has 0 atom stereocenters. The first-order valence-corrected chi connectivity index (χ1v) is 9.06. The lowest BCUT2D eigenvalue weighted by Crippen LogP contribution is -2.21. The van der Waals surface area contributed by atoms with Gasteiger partial charge in [0.05, 0.1) is 16.3 Å². The molecule has 0 aliphatic rings. The highest BCUT2D eigenvalue weighted by Crippen LogP contribution is 2.30. The van der Waals surface area contributed by atoms with Crippen LogP contribution in [0.5, 0.6) is 0 Å². The number of amides is 2. The summed E-state index contributed by atoms with van der Waals surface area (Å²) in [5.74, 6) is -1.96. The van der Waals surface area contributed by atoms with Crippen molar-refractivity contribution in [2.75, 3.05) is 10.6 Å². The third-order valence-electron chi connectivity index (χ3n) is 4.14. The Morgan fingerprint density at radius 3 is 2.48 bits per heavy atom. The van der Waals surface area contributed by atoms with Crippen LogP contribution in [-0.2, 0) is 17.5 Å². The van der Waals surface area contributed by atoms with Gasteiger partial charge < -0.3 is 10.6 Å². The largest absolute Gasteiger partial charge is 0.416 e. The number of carbonyl (C=O) groups is 2. The smallest absolute Gasteiger partial charge is 0.324 e. The first-order valence-electron chi connectivity index (χ1n) is 8.68. The van der Waals surface area contributed by atoms with Crippen LogP contribution in [0.3, 0.4) is 0 Å². The van der Waals surface area contributed by atoms with E-state index in [4.69, 9.17) is 11.6 Å². The summed E-state index contributed by atoms with van der Waals surface area (Å²) in [6.07, 6.45) is -4.55. The summed E-state index contributed by atoms with van der Waals surface area (Å²) in [5, 5.41) is 12.1. The Morgan fingerprint density at radius 2 is 1.81 bits per heavy atom. The molecule has 0 radical (unpaired) electrons. The van der Waals surface area contributed by atoms with Crippen LogP contribution in [0.1, 0.15) is 21.7 Å². The molecule has 0 saturated carbocycles. The Hall–Kier alpha value is -3.47. The van der Waals surface area contributed by atoms with Gasteiger partial charge in [0, 0.05) is 11.4 Å². The predicted molar refractivity (Wildman–Crippen MR) is 104 cm³/mol. The summed E-state index contributed by atoms with van der Waals surface area (Å²) >= 11 is 5.66. The molecule has 0 aliphatic carbocycles. The van der Waals surface area contributed by atoms with Crippen LogP contribution in [-0.4, -0.2) is 26.8 Å². The van der Waals surface area contributed by atoms with Gasteiger partial charge in [0.25, 0.3) is 5.91 Å². The fraction of sp³-hybridized carbons (Fsp3) is 0.158. The van der Waals surface area contributed by atoms with Gasteiger partial charge in [0.15, 0.2) is 5.69 Å². The van der Waals surface area contributed by atoms with Crippen molar-refractivity contribution in [3.8, 4) is 0 Å². The van der Waals surface area contributed by atoms with E-state index in [1.54, 1.807) is 0 Å². The number of halogens is 5. The average molecular weight is 456 g/mol. The van der Waals surface area contributed by atoms with Crippen LogP contribution in [0.25, 0.3) is 0 Å². The molecular formula is C19H14ClF4N5O2. The zero-order valence-electron chi connectivity index (χ0n) is 15.8. The molecule has 2 N–H and O–H groups in total. The molecule has 1 aromatic heterocycles. The maximum atomic E-state index is 13.2. The van der Waals surface area contributed by atoms with Crippen molar-refractivity contribution in [1.82, 2.24) is 15.0 Å². The lowest BCUT2D eigenvalue weighted by Gasteiger charge is -2.09. The molecule has 0 fully saturated rings. The molecule has 0 spiro atoms. The lowest BCUT2D eigenvalue weighted by atomic mass is 10.2. The van der Waals surface area contributed by atoms with Gasteiger partial charge in [-0.1, -0.05) is 22.9 Å². The predicted octanol–water partition coefficient (Wildman–Crippen LogP) is 4.29. The fourth-order valence-corrected chi connectivity index (χ4v) is 2.77. The number of aromatic nitrogens is 3. The van der Waals surface area contributed by atoms with Gasteiger partial charge in [-0.3, -0.25) is 9.59 Å². The molecule has 3 rings (SSSR count). The van der Waals surface area contributed by atoms with Gasteiger partial charge >= 0.3 is 6.18 Å². The highest BCUT2D eigenvalue weighted by atomic mass is 35.5. The van der Waals surface area contributed by atoms with Gasteiger partial charge in [0.1, 0.15) is 12.4 Å². The number of rotatable bonds is 5. The van der Waals surface area contributed by atoms with E-state index in [1.807, 2.05) is 0 Å². The van der Waals surface area contributed by atoms with Crippen molar-refractivity contribution < 1.29 is 27.2 Å². The highest BCUT2D eigenvalue weighted by Gasteiger charge is 2.30. The van der Waals surface area contributed by atoms with E-state index in [1.165, 1.54) is 25.1 Å². The van der Waals surface area contributed by atoms with E-state index in [-0.39, 0.29) is 34.3 Å². The lowest BCUT2D eigenvalue weighted by molar-refractivity contribution is -0.137. The Morgan fingerprint density at radius 1 is 1.10 bits per heavy atom. The Balaban J connectivity index is 1.68. The van der Waals surface area contributed by atoms with Crippen LogP contribution in [0.15, 0.2) is 42.5 Å². The molecule has 0 unspecified atom stereocenters. The average Bonchev–Trinajstić information content (AvgIpc) is 3.04. The number of benzene rings is 2. The summed E-state index contributed by atoms with van der Waals surface area (Å²) < 4.78 is 52.8. The topological polar surface area (TPSA) is 88.9 Å². The van der Waals surface area contributed by atoms with Crippen molar-refractivity contribution >= 4 is 34.8 Å². The number of carbonyl (C=O) groups excluding carboxylic acids is 2. The second-order valence-corrected chi connectivity index (χ2v) is 6.80. The molecule has 2 aromatic carbocycles. The second kappa shape index (κ2) is 8.72. The minimum absolute atomic E-state index is 0.0697. The van der Waals surface area contributed by atoms with Crippen LogP contribution in [0.4, 0.5) is 28.9 Å². The van der Waals surface area contributed by atoms with Crippen LogP contribution in [0, 0.1) is 12.7 Å². The molecule has 31 heavy (non-hydrogen) atoms. The molecule has 0 aliphatic heterocycles. The van der Waals surface area contributed by atoms with Gasteiger partial charge in [-0.15, -0.1) is 5.10 Å². The summed E-state index contributed by atoms with van der Waals surface area (Å²) in [6.45, 7) is 1.16. The zero-order chi connectivity index (χ0) is 22.8. The third-order valence-corrected chi connectivity index (χ3v) is 4.43. The number of anilines is 2. The maximum absolute atomic E-state index is 13.2. The summed E-state index contributed by atoms with van der Waals surface area (Å²) in [6, 6.07) is 7.78. The van der Waals surface area contributed by atoms with Crippen molar-refractivity contribution in [1.29, 1.82) is 0 Å². The number of hydrogen-bond acceptors (Lipinski definition) is 4. The molecule has 0 bridgehead atoms. The molecule has 162 valence electrons. The van der Waals surface area contributed by atoms with Gasteiger partial charge in [-0.05, 0) is 43.3 Å². The number of alkyl halides is 3. The van der Waals surface area contributed by atoms with E-state index in [2.05, 4.69) is 20.9 Å². The summed E-state index contributed by atoms with van der Waals surface area (Å²) in [5.41, 5.74) is -0.661. The summed E-state index contributed by atoms with van der Waals surface area (Å²) in [7, 11) is 0. The molecule has 1 heterocycles. The highest BCUT2D eigenvalue weighted by molar-refractivity contribution is 6.31. The monoisotopic (exact) mass is 455 g/mol. The number of nitrogens with zero attached hydrogens (tertiary/aromatic N) is 3. The van der Waals surface area contributed by atoms with E-state index < -0.39 is 29.4 Å². The molecule has 7 nitrogen and oxygen atoms in total. The van der Waals surface area contributed by atoms with Crippen molar-refractivity contribution in [2.45, 2.75) is 19.6 Å². The van der Waals surface area contributed by atoms with Gasteiger partial charge in [-0.2, -0.15) is 13.2 Å². The van der Waals surface area contributed by atoms with E-state index >= 15 is 0 Å². The van der Waals surface area contributed by atoms with Crippen molar-refractivity contribution in [2.24, 2.45) is 0 Å². The summed E-state index contributed by atoms with van der Waals surface area (Å²) in [4.78, 5) is 24.6.